The number of piperidine rings is 4. The zero-order valence-electron chi connectivity index (χ0n) is 59.2. The molecule has 6 aliphatic rings. The Morgan fingerprint density at radius 2 is 0.659 bits per heavy atom. The van der Waals surface area contributed by atoms with Crippen LogP contribution in [0.5, 0.6) is 0 Å². The Morgan fingerprint density at radius 1 is 0.398 bits per heavy atom. The van der Waals surface area contributed by atoms with Crippen molar-refractivity contribution in [2.75, 3.05) is 121 Å². The van der Waals surface area contributed by atoms with Crippen LogP contribution in [0.4, 0.5) is 35.7 Å². The number of nitrogens with zero attached hydrogens (tertiary/aromatic N) is 14. The Labute approximate surface area is 535 Å². The molecule has 8 rings (SSSR count). The molecule has 6 aliphatic heterocycles. The van der Waals surface area contributed by atoms with Gasteiger partial charge in [0, 0.05) is 134 Å². The average Bonchev–Trinajstić information content (AvgIpc) is 0.882. The molecule has 88 heavy (non-hydrogen) atoms. The lowest BCUT2D eigenvalue weighted by Gasteiger charge is -2.57. The Kier molecular flexibility index (Phi) is 22.7. The lowest BCUT2D eigenvalue weighted by molar-refractivity contribution is -0.0267. The van der Waals surface area contributed by atoms with Crippen LogP contribution in [0.3, 0.4) is 0 Å². The van der Waals surface area contributed by atoms with Crippen LogP contribution >= 0.6 is 0 Å². The van der Waals surface area contributed by atoms with Crippen LogP contribution in [0.25, 0.3) is 0 Å². The fraction of sp³-hybridized carbons (Fsp3) is 0.857. The normalized spacial score (nSPS) is 24.0. The van der Waals surface area contributed by atoms with E-state index in [4.69, 9.17) is 39.4 Å². The van der Waals surface area contributed by atoms with Gasteiger partial charge in [-0.05, 0) is 188 Å². The van der Waals surface area contributed by atoms with E-state index in [2.05, 4.69) is 200 Å². The molecule has 8 heterocycles. The first-order valence-corrected chi connectivity index (χ1v) is 34.9. The van der Waals surface area contributed by atoms with E-state index in [1.165, 1.54) is 0 Å². The molecule has 0 atom stereocenters. The van der Waals surface area contributed by atoms with Crippen molar-refractivity contribution >= 4 is 35.7 Å². The summed E-state index contributed by atoms with van der Waals surface area (Å²) in [4.78, 5) is 54.1. The molecular weight excluding hydrogens is 1100 g/mol. The van der Waals surface area contributed by atoms with E-state index in [0.29, 0.717) is 26.4 Å². The number of hydrogen-bond acceptors (Lipinski definition) is 18. The highest BCUT2D eigenvalue weighted by Crippen LogP contribution is 2.44. The van der Waals surface area contributed by atoms with Crippen LogP contribution in [0, 0.1) is 0 Å². The highest BCUT2D eigenvalue weighted by atomic mass is 16.5. The first-order chi connectivity index (χ1) is 41.3. The van der Waals surface area contributed by atoms with E-state index in [9.17, 15) is 0 Å². The lowest BCUT2D eigenvalue weighted by Crippen LogP contribution is -2.64. The van der Waals surface area contributed by atoms with Gasteiger partial charge in [-0.1, -0.05) is 51.7 Å². The van der Waals surface area contributed by atoms with Crippen molar-refractivity contribution in [3.63, 3.8) is 0 Å². The highest BCUT2D eigenvalue weighted by molar-refractivity contribution is 5.50. The minimum Gasteiger partial charge on any atom is -0.378 e. The third-order valence-corrected chi connectivity index (χ3v) is 20.5. The number of aromatic nitrogens is 6. The van der Waals surface area contributed by atoms with Gasteiger partial charge >= 0.3 is 0 Å². The Bertz CT molecular complexity index is 2330. The standard InChI is InChI=1S/C70H126N16O2/c1-21-25-33-81(53-45-63(5,6)77-64(7,8)46-53)59-71-57(79-37-41-87-42-38-79)73-61(75-59)83(55-49-67(13,14)85(31-23-3)68(15,16)50-55)35-29-27-28-30-36-84(56-51-69(17,18)86(32-24-4)70(19,20)52-56)62-74-58(80-39-43-88-44-40-80)72-60(76-62)82(34-26-22-2)54-47-65(9,10)78-66(11,12)48-54/h23-24,53-56,77-78H,3-4,21-22,25-52H2,1-2,5-20H3. The highest BCUT2D eigenvalue weighted by Gasteiger charge is 2.50. The van der Waals surface area contributed by atoms with Crippen molar-refractivity contribution in [1.82, 2.24) is 50.3 Å². The molecule has 2 N–H and O–H groups in total. The summed E-state index contributed by atoms with van der Waals surface area (Å²) >= 11 is 0. The van der Waals surface area contributed by atoms with Crippen LogP contribution in [-0.4, -0.2) is 200 Å². The van der Waals surface area contributed by atoms with E-state index in [-0.39, 0.29) is 68.5 Å². The Morgan fingerprint density at radius 3 is 0.920 bits per heavy atom. The van der Waals surface area contributed by atoms with Crippen molar-refractivity contribution in [1.29, 1.82) is 0 Å². The second kappa shape index (κ2) is 28.5. The van der Waals surface area contributed by atoms with Gasteiger partial charge in [0.15, 0.2) is 0 Å². The minimum absolute atomic E-state index is 0.0346. The molecule has 0 unspecified atom stereocenters. The molecule has 18 heteroatoms. The molecule has 6 saturated heterocycles. The molecule has 6 fully saturated rings. The summed E-state index contributed by atoms with van der Waals surface area (Å²) in [6, 6.07) is 0.984. The van der Waals surface area contributed by atoms with Gasteiger partial charge in [0.1, 0.15) is 0 Å². The van der Waals surface area contributed by atoms with Crippen LogP contribution in [0.2, 0.25) is 0 Å². The SMILES string of the molecule is C=CCN1C(C)(C)CC(N(CCCCCCN(c2nc(N3CCOCC3)nc(N(CCCC)C3CC(C)(C)NC(C)(C)C3)n2)C2CC(C)(C)N(CC=C)C(C)(C)C2)c2nc(N3CCOCC3)nc(N(CCCC)C3CC(C)(C)NC(C)(C)C3)n2)CC1(C)C. The summed E-state index contributed by atoms with van der Waals surface area (Å²) in [6.45, 7) is 62.3. The van der Waals surface area contributed by atoms with Gasteiger partial charge in [-0.25, -0.2) is 0 Å². The predicted molar refractivity (Wildman–Crippen MR) is 368 cm³/mol. The van der Waals surface area contributed by atoms with Gasteiger partial charge < -0.3 is 49.5 Å². The van der Waals surface area contributed by atoms with E-state index < -0.39 is 0 Å². The van der Waals surface area contributed by atoms with Gasteiger partial charge in [-0.15, -0.1) is 13.2 Å². The molecule has 0 aromatic carbocycles. The van der Waals surface area contributed by atoms with Crippen LogP contribution in [0.15, 0.2) is 25.3 Å². The van der Waals surface area contributed by atoms with Crippen LogP contribution in [-0.2, 0) is 9.47 Å². The van der Waals surface area contributed by atoms with Crippen LogP contribution in [0.1, 0.15) is 227 Å². The molecule has 2 aromatic rings. The molecule has 498 valence electrons. The van der Waals surface area contributed by atoms with Gasteiger partial charge in [0.2, 0.25) is 35.7 Å². The maximum Gasteiger partial charge on any atom is 0.232 e. The summed E-state index contributed by atoms with van der Waals surface area (Å²) in [6.07, 6.45) is 20.7. The number of hydrogen-bond donors (Lipinski definition) is 2. The minimum atomic E-state index is -0.0834. The fourth-order valence-electron chi connectivity index (χ4n) is 17.6. The second-order valence-electron chi connectivity index (χ2n) is 32.6. The molecule has 18 nitrogen and oxygen atoms in total. The van der Waals surface area contributed by atoms with Gasteiger partial charge in [0.05, 0.1) is 26.4 Å². The summed E-state index contributed by atoms with van der Waals surface area (Å²) in [5.41, 5.74) is -0.472. The molecule has 0 saturated carbocycles. The lowest BCUT2D eigenvalue weighted by atomic mass is 9.76. The van der Waals surface area contributed by atoms with Gasteiger partial charge in [-0.3, -0.25) is 9.80 Å². The third-order valence-electron chi connectivity index (χ3n) is 20.5. The van der Waals surface area contributed by atoms with Crippen molar-refractivity contribution in [2.45, 2.75) is 296 Å². The number of ether oxygens (including phenoxy) is 2. The maximum atomic E-state index is 5.95. The zero-order valence-corrected chi connectivity index (χ0v) is 59.2. The average molecular weight is 1220 g/mol. The summed E-state index contributed by atoms with van der Waals surface area (Å²) in [7, 11) is 0. The Hall–Kier alpha value is -3.94. The van der Waals surface area contributed by atoms with Crippen LogP contribution < -0.4 is 40.0 Å². The maximum absolute atomic E-state index is 5.95. The number of anilines is 6. The summed E-state index contributed by atoms with van der Waals surface area (Å²) in [5, 5.41) is 7.93. The largest absolute Gasteiger partial charge is 0.378 e. The smallest absolute Gasteiger partial charge is 0.232 e. The zero-order chi connectivity index (χ0) is 64.1. The molecule has 0 aliphatic carbocycles. The predicted octanol–water partition coefficient (Wildman–Crippen LogP) is 11.8. The molecular formula is C70H126N16O2. The van der Waals surface area contributed by atoms with E-state index >= 15 is 0 Å². The topological polar surface area (TPSA) is 146 Å². The molecule has 0 amide bonds. The fourth-order valence-corrected chi connectivity index (χ4v) is 17.6. The quantitative estimate of drug-likeness (QED) is 0.0645. The Balaban J connectivity index is 1.14. The van der Waals surface area contributed by atoms with Gasteiger partial charge in [-0.2, -0.15) is 29.9 Å². The first kappa shape index (κ1) is 69.9. The number of unbranched alkanes of at least 4 members (excludes halogenated alkanes) is 5. The van der Waals surface area contributed by atoms with Crippen molar-refractivity contribution < 1.29 is 9.47 Å². The van der Waals surface area contributed by atoms with Gasteiger partial charge in [0.25, 0.3) is 0 Å². The van der Waals surface area contributed by atoms with Crippen molar-refractivity contribution in [3.8, 4) is 0 Å². The monoisotopic (exact) mass is 1220 g/mol. The van der Waals surface area contributed by atoms with E-state index in [0.717, 1.165) is 204 Å². The summed E-state index contributed by atoms with van der Waals surface area (Å²) < 4.78 is 11.9. The van der Waals surface area contributed by atoms with Crippen molar-refractivity contribution in [3.05, 3.63) is 25.3 Å². The van der Waals surface area contributed by atoms with Crippen molar-refractivity contribution in [2.24, 2.45) is 0 Å². The molecule has 0 bridgehead atoms. The molecule has 2 aromatic heterocycles. The molecule has 0 radical (unpaired) electrons. The second-order valence-corrected chi connectivity index (χ2v) is 32.6. The van der Waals surface area contributed by atoms with E-state index in [1.54, 1.807) is 0 Å². The third kappa shape index (κ3) is 17.6. The summed E-state index contributed by atoms with van der Waals surface area (Å²) in [5.74, 6) is 4.84. The number of nitrogens with one attached hydrogen (secondary N) is 2. The number of likely N-dealkylation sites (tertiary alicyclic amines) is 2. The van der Waals surface area contributed by atoms with E-state index in [1.807, 2.05) is 0 Å². The first-order valence-electron chi connectivity index (χ1n) is 34.9. The molecule has 0 spiro atoms. The number of rotatable bonds is 27. The number of morpholine rings is 2.